The van der Waals surface area contributed by atoms with Crippen LogP contribution in [0, 0.1) is 11.8 Å². The number of hydrogen-bond donors (Lipinski definition) is 1. The summed E-state index contributed by atoms with van der Waals surface area (Å²) in [5, 5.41) is 0. The molecule has 7 nitrogen and oxygen atoms in total. The molecule has 31 heavy (non-hydrogen) atoms. The maximum Gasteiger partial charge on any atom is 0.254 e. The van der Waals surface area contributed by atoms with E-state index in [2.05, 4.69) is 54.0 Å². The molecule has 0 bridgehead atoms. The van der Waals surface area contributed by atoms with Crippen molar-refractivity contribution in [1.82, 2.24) is 24.8 Å². The number of H-pyrrole nitrogens is 1. The number of carbonyl (C=O) groups excluding carboxylic acids is 1. The SMILES string of the molecule is O=C(c1ccc2nc[nH]c2c1)N1C[C@@H]2CN(c3ccncn3)C[C@@H]2[C@H]1c1ccccc1. The molecular weight excluding hydrogens is 388 g/mol. The van der Waals surface area contributed by atoms with Crippen LogP contribution in [0.25, 0.3) is 11.0 Å². The summed E-state index contributed by atoms with van der Waals surface area (Å²) in [6, 6.07) is 18.1. The first kappa shape index (κ1) is 18.1. The predicted octanol–water partition coefficient (Wildman–Crippen LogP) is 3.30. The van der Waals surface area contributed by atoms with Crippen molar-refractivity contribution in [3.8, 4) is 0 Å². The van der Waals surface area contributed by atoms with Crippen LogP contribution >= 0.6 is 0 Å². The molecule has 2 aromatic carbocycles. The highest BCUT2D eigenvalue weighted by molar-refractivity contribution is 5.97. The summed E-state index contributed by atoms with van der Waals surface area (Å²) in [7, 11) is 0. The molecule has 6 rings (SSSR count). The average Bonchev–Trinajstić information content (AvgIpc) is 3.53. The highest BCUT2D eigenvalue weighted by Crippen LogP contribution is 2.46. The van der Waals surface area contributed by atoms with Crippen LogP contribution in [0.3, 0.4) is 0 Å². The molecule has 1 N–H and O–H groups in total. The molecule has 7 heteroatoms. The molecule has 1 amide bonds. The third-order valence-corrected chi connectivity index (χ3v) is 6.62. The van der Waals surface area contributed by atoms with Crippen molar-refractivity contribution in [2.45, 2.75) is 6.04 Å². The second-order valence-electron chi connectivity index (χ2n) is 8.34. The number of fused-ring (bicyclic) bond motifs is 2. The van der Waals surface area contributed by atoms with Crippen LogP contribution < -0.4 is 4.90 Å². The Kier molecular flexibility index (Phi) is 4.19. The quantitative estimate of drug-likeness (QED) is 0.561. The lowest BCUT2D eigenvalue weighted by Gasteiger charge is -2.30. The molecule has 3 atom stereocenters. The average molecular weight is 410 g/mol. The van der Waals surface area contributed by atoms with E-state index in [1.807, 2.05) is 30.3 Å². The Morgan fingerprint density at radius 3 is 2.74 bits per heavy atom. The maximum absolute atomic E-state index is 13.6. The molecule has 2 aliphatic rings. The van der Waals surface area contributed by atoms with E-state index in [1.165, 1.54) is 5.56 Å². The number of likely N-dealkylation sites (tertiary alicyclic amines) is 1. The second kappa shape index (κ2) is 7.19. The van der Waals surface area contributed by atoms with E-state index >= 15 is 0 Å². The van der Waals surface area contributed by atoms with Gasteiger partial charge in [0.2, 0.25) is 0 Å². The molecule has 2 aromatic heterocycles. The normalized spacial score (nSPS) is 22.8. The number of hydrogen-bond acceptors (Lipinski definition) is 5. The van der Waals surface area contributed by atoms with Crippen molar-refractivity contribution in [2.24, 2.45) is 11.8 Å². The number of aromatic nitrogens is 4. The summed E-state index contributed by atoms with van der Waals surface area (Å²) in [5.41, 5.74) is 3.65. The zero-order chi connectivity index (χ0) is 20.8. The first-order valence-electron chi connectivity index (χ1n) is 10.6. The first-order valence-corrected chi connectivity index (χ1v) is 10.6. The van der Waals surface area contributed by atoms with Crippen molar-refractivity contribution in [1.29, 1.82) is 0 Å². The number of aromatic amines is 1. The van der Waals surface area contributed by atoms with Gasteiger partial charge in [-0.25, -0.2) is 15.0 Å². The van der Waals surface area contributed by atoms with Crippen LogP contribution in [-0.4, -0.2) is 50.4 Å². The smallest absolute Gasteiger partial charge is 0.254 e. The van der Waals surface area contributed by atoms with E-state index < -0.39 is 0 Å². The molecular formula is C24H22N6O. The van der Waals surface area contributed by atoms with Gasteiger partial charge in [0.05, 0.1) is 23.4 Å². The highest BCUT2D eigenvalue weighted by Gasteiger charge is 2.49. The lowest BCUT2D eigenvalue weighted by Crippen LogP contribution is -2.36. The summed E-state index contributed by atoms with van der Waals surface area (Å²) in [5.74, 6) is 1.80. The highest BCUT2D eigenvalue weighted by atomic mass is 16.2. The Morgan fingerprint density at radius 1 is 1.00 bits per heavy atom. The van der Waals surface area contributed by atoms with Gasteiger partial charge in [0.15, 0.2) is 0 Å². The molecule has 2 aliphatic heterocycles. The van der Waals surface area contributed by atoms with E-state index in [0.717, 1.165) is 36.5 Å². The topological polar surface area (TPSA) is 78.0 Å². The number of benzene rings is 2. The van der Waals surface area contributed by atoms with Crippen LogP contribution in [0.5, 0.6) is 0 Å². The molecule has 4 aromatic rings. The lowest BCUT2D eigenvalue weighted by molar-refractivity contribution is 0.0716. The zero-order valence-corrected chi connectivity index (χ0v) is 16.9. The number of nitrogens with zero attached hydrogens (tertiary/aromatic N) is 5. The molecule has 4 heterocycles. The summed E-state index contributed by atoms with van der Waals surface area (Å²) >= 11 is 0. The molecule has 0 unspecified atom stereocenters. The first-order chi connectivity index (χ1) is 15.3. The van der Waals surface area contributed by atoms with Crippen molar-refractivity contribution in [3.05, 3.63) is 84.6 Å². The number of anilines is 1. The van der Waals surface area contributed by atoms with Crippen LogP contribution in [0.2, 0.25) is 0 Å². The van der Waals surface area contributed by atoms with Crippen molar-refractivity contribution >= 4 is 22.8 Å². The van der Waals surface area contributed by atoms with Gasteiger partial charge >= 0.3 is 0 Å². The van der Waals surface area contributed by atoms with E-state index in [-0.39, 0.29) is 11.9 Å². The number of carbonyl (C=O) groups is 1. The van der Waals surface area contributed by atoms with Gasteiger partial charge in [0, 0.05) is 43.2 Å². The number of nitrogens with one attached hydrogen (secondary N) is 1. The Labute approximate surface area is 179 Å². The van der Waals surface area contributed by atoms with Gasteiger partial charge in [0.25, 0.3) is 5.91 Å². The monoisotopic (exact) mass is 410 g/mol. The zero-order valence-electron chi connectivity index (χ0n) is 16.9. The number of imidazole rings is 1. The largest absolute Gasteiger partial charge is 0.356 e. The molecule has 2 fully saturated rings. The summed E-state index contributed by atoms with van der Waals surface area (Å²) < 4.78 is 0. The molecule has 2 saturated heterocycles. The van der Waals surface area contributed by atoms with Crippen LogP contribution in [0.1, 0.15) is 22.0 Å². The number of rotatable bonds is 3. The van der Waals surface area contributed by atoms with Gasteiger partial charge in [-0.15, -0.1) is 0 Å². The Balaban J connectivity index is 1.34. The summed E-state index contributed by atoms with van der Waals surface area (Å²) in [6.07, 6.45) is 5.04. The van der Waals surface area contributed by atoms with Gasteiger partial charge in [-0.05, 0) is 29.8 Å². The standard InChI is InChI=1S/C24H22N6O/c31-24(17-6-7-20-21(10-17)27-15-26-20)30-12-18-11-29(22-8-9-25-14-28-22)13-19(18)23(30)16-4-2-1-3-5-16/h1-10,14-15,18-19,23H,11-13H2,(H,26,27)/t18-,19-,23+/m0/s1. The maximum atomic E-state index is 13.6. The number of amides is 1. The predicted molar refractivity (Wildman–Crippen MR) is 118 cm³/mol. The van der Waals surface area contributed by atoms with Crippen molar-refractivity contribution in [2.75, 3.05) is 24.5 Å². The van der Waals surface area contributed by atoms with Gasteiger partial charge in [0.1, 0.15) is 12.1 Å². The fraction of sp³-hybridized carbons (Fsp3) is 0.250. The van der Waals surface area contributed by atoms with Crippen molar-refractivity contribution in [3.63, 3.8) is 0 Å². The van der Waals surface area contributed by atoms with Crippen molar-refractivity contribution < 1.29 is 4.79 Å². The van der Waals surface area contributed by atoms with Gasteiger partial charge in [-0.3, -0.25) is 4.79 Å². The minimum atomic E-state index is 0.0444. The van der Waals surface area contributed by atoms with Crippen LogP contribution in [0.15, 0.2) is 73.4 Å². The van der Waals surface area contributed by atoms with E-state index in [0.29, 0.717) is 17.4 Å². The van der Waals surface area contributed by atoms with E-state index in [1.54, 1.807) is 18.9 Å². The lowest BCUT2D eigenvalue weighted by atomic mass is 9.89. The van der Waals surface area contributed by atoms with Gasteiger partial charge in [-0.2, -0.15) is 0 Å². The Hall–Kier alpha value is -3.74. The molecule has 0 saturated carbocycles. The molecule has 0 aliphatic carbocycles. The van der Waals surface area contributed by atoms with E-state index in [4.69, 9.17) is 0 Å². The summed E-state index contributed by atoms with van der Waals surface area (Å²) in [6.45, 7) is 2.52. The fourth-order valence-electron chi connectivity index (χ4n) is 5.22. The third kappa shape index (κ3) is 3.04. The van der Waals surface area contributed by atoms with Crippen LogP contribution in [-0.2, 0) is 0 Å². The van der Waals surface area contributed by atoms with Crippen LogP contribution in [0.4, 0.5) is 5.82 Å². The van der Waals surface area contributed by atoms with E-state index in [9.17, 15) is 4.79 Å². The molecule has 0 spiro atoms. The second-order valence-corrected chi connectivity index (χ2v) is 8.34. The Bertz CT molecular complexity index is 1220. The minimum Gasteiger partial charge on any atom is -0.356 e. The molecule has 154 valence electrons. The third-order valence-electron chi connectivity index (χ3n) is 6.62. The Morgan fingerprint density at radius 2 is 1.90 bits per heavy atom. The van der Waals surface area contributed by atoms with Gasteiger partial charge in [-0.1, -0.05) is 30.3 Å². The minimum absolute atomic E-state index is 0.0444. The van der Waals surface area contributed by atoms with Gasteiger partial charge < -0.3 is 14.8 Å². The fourth-order valence-corrected chi connectivity index (χ4v) is 5.22. The summed E-state index contributed by atoms with van der Waals surface area (Å²) in [4.78, 5) is 33.9. The molecule has 0 radical (unpaired) electrons.